The summed E-state index contributed by atoms with van der Waals surface area (Å²) in [6.45, 7) is 10.8. The second-order valence-corrected chi connectivity index (χ2v) is 9.18. The van der Waals surface area contributed by atoms with Crippen LogP contribution in [0.3, 0.4) is 0 Å². The maximum atomic E-state index is 11.1. The Hall–Kier alpha value is -2.95. The van der Waals surface area contributed by atoms with E-state index >= 15 is 0 Å². The van der Waals surface area contributed by atoms with Gasteiger partial charge in [0.05, 0.1) is 23.1 Å². The molecule has 2 heterocycles. The molecular formula is C24H26N2O3. The van der Waals surface area contributed by atoms with Gasteiger partial charge in [-0.25, -0.2) is 9.78 Å². The highest BCUT2D eigenvalue weighted by Crippen LogP contribution is 2.44. The molecule has 2 aromatic heterocycles. The summed E-state index contributed by atoms with van der Waals surface area (Å²) in [5.74, 6) is 0.507. The summed E-state index contributed by atoms with van der Waals surface area (Å²) in [6.07, 6.45) is 3.97. The van der Waals surface area contributed by atoms with Crippen LogP contribution in [0, 0.1) is 6.92 Å². The van der Waals surface area contributed by atoms with E-state index < -0.39 is 5.97 Å². The summed E-state index contributed by atoms with van der Waals surface area (Å²) in [6, 6.07) is 8.77. The minimum absolute atomic E-state index is 0.0203. The zero-order chi connectivity index (χ0) is 21.0. The lowest BCUT2D eigenvalue weighted by Gasteiger charge is -2.39. The predicted molar refractivity (Wildman–Crippen MR) is 112 cm³/mol. The quantitative estimate of drug-likeness (QED) is 0.615. The summed E-state index contributed by atoms with van der Waals surface area (Å²) >= 11 is 0. The van der Waals surface area contributed by atoms with Crippen LogP contribution in [0.15, 0.2) is 40.9 Å². The van der Waals surface area contributed by atoms with Crippen molar-refractivity contribution in [3.63, 3.8) is 0 Å². The summed E-state index contributed by atoms with van der Waals surface area (Å²) in [4.78, 5) is 20.9. The first kappa shape index (κ1) is 19.4. The summed E-state index contributed by atoms with van der Waals surface area (Å²) in [7, 11) is 0. The van der Waals surface area contributed by atoms with Crippen molar-refractivity contribution in [3.05, 3.63) is 59.2 Å². The second-order valence-electron chi connectivity index (χ2n) is 9.18. The first-order valence-corrected chi connectivity index (χ1v) is 9.91. The molecule has 1 N–H and O–H groups in total. The molecule has 3 aromatic rings. The molecule has 1 aromatic carbocycles. The maximum Gasteiger partial charge on any atom is 0.335 e. The van der Waals surface area contributed by atoms with Gasteiger partial charge in [0.15, 0.2) is 5.76 Å². The highest BCUT2D eigenvalue weighted by molar-refractivity contribution is 5.88. The fourth-order valence-corrected chi connectivity index (χ4v) is 4.02. The van der Waals surface area contributed by atoms with Gasteiger partial charge in [0, 0.05) is 16.4 Å². The van der Waals surface area contributed by atoms with Gasteiger partial charge in [-0.05, 0) is 43.5 Å². The van der Waals surface area contributed by atoms with E-state index in [4.69, 9.17) is 19.5 Å². The van der Waals surface area contributed by atoms with Gasteiger partial charge < -0.3 is 9.52 Å². The molecule has 1 aliphatic rings. The Kier molecular flexibility index (Phi) is 4.37. The molecule has 4 rings (SSSR count). The molecule has 1 aliphatic carbocycles. The SMILES string of the molecule is Cc1oc(-c2cnc3c(n2)C(C)(C)CCC3(C)C)cc1-c1ccc(C(=O)O)cc1. The fraction of sp³-hybridized carbons (Fsp3) is 0.375. The van der Waals surface area contributed by atoms with Gasteiger partial charge in [-0.1, -0.05) is 39.8 Å². The standard InChI is InChI=1S/C24H26N2O3/c1-14-17(15-6-8-16(9-7-15)22(27)28)12-19(29-14)18-13-25-20-21(26-18)24(4,5)11-10-23(20,2)3/h6-9,12-13H,10-11H2,1-5H3,(H,27,28). The largest absolute Gasteiger partial charge is 0.478 e. The van der Waals surface area contributed by atoms with E-state index in [1.54, 1.807) is 30.5 Å². The van der Waals surface area contributed by atoms with Crippen molar-refractivity contribution in [1.82, 2.24) is 9.97 Å². The molecule has 0 bridgehead atoms. The number of carboxylic acids is 1. The van der Waals surface area contributed by atoms with Crippen molar-refractivity contribution in [2.45, 2.75) is 58.3 Å². The lowest BCUT2D eigenvalue weighted by atomic mass is 9.67. The summed E-state index contributed by atoms with van der Waals surface area (Å²) in [5.41, 5.74) is 4.95. The molecule has 0 saturated heterocycles. The third-order valence-electron chi connectivity index (χ3n) is 6.04. The lowest BCUT2D eigenvalue weighted by Crippen LogP contribution is -2.36. The Morgan fingerprint density at radius 3 is 2.28 bits per heavy atom. The molecule has 0 amide bonds. The van der Waals surface area contributed by atoms with Gasteiger partial charge in [0.25, 0.3) is 0 Å². The van der Waals surface area contributed by atoms with Crippen molar-refractivity contribution in [3.8, 4) is 22.6 Å². The molecule has 5 heteroatoms. The third kappa shape index (κ3) is 3.35. The zero-order valence-electron chi connectivity index (χ0n) is 17.5. The highest BCUT2D eigenvalue weighted by atomic mass is 16.4. The normalized spacial score (nSPS) is 17.0. The number of hydrogen-bond acceptors (Lipinski definition) is 4. The van der Waals surface area contributed by atoms with Gasteiger partial charge in [-0.15, -0.1) is 0 Å². The molecular weight excluding hydrogens is 364 g/mol. The maximum absolute atomic E-state index is 11.1. The minimum atomic E-state index is -0.934. The molecule has 0 fully saturated rings. The van der Waals surface area contributed by atoms with Crippen LogP contribution in [0.5, 0.6) is 0 Å². The number of benzene rings is 1. The predicted octanol–water partition coefficient (Wildman–Crippen LogP) is 5.76. The zero-order valence-corrected chi connectivity index (χ0v) is 17.5. The Morgan fingerprint density at radius 2 is 1.66 bits per heavy atom. The van der Waals surface area contributed by atoms with E-state index in [1.807, 2.05) is 13.0 Å². The molecule has 0 atom stereocenters. The van der Waals surface area contributed by atoms with Gasteiger partial charge in [-0.2, -0.15) is 0 Å². The van der Waals surface area contributed by atoms with Crippen molar-refractivity contribution in [2.75, 3.05) is 0 Å². The molecule has 150 valence electrons. The van der Waals surface area contributed by atoms with Gasteiger partial charge in [0.2, 0.25) is 0 Å². The number of rotatable bonds is 3. The van der Waals surface area contributed by atoms with Crippen LogP contribution < -0.4 is 0 Å². The first-order valence-electron chi connectivity index (χ1n) is 9.91. The van der Waals surface area contributed by atoms with Crippen LogP contribution in [0.2, 0.25) is 0 Å². The Labute approximate surface area is 170 Å². The van der Waals surface area contributed by atoms with Crippen molar-refractivity contribution in [1.29, 1.82) is 0 Å². The molecule has 0 saturated carbocycles. The van der Waals surface area contributed by atoms with Crippen molar-refractivity contribution in [2.24, 2.45) is 0 Å². The van der Waals surface area contributed by atoms with Crippen LogP contribution in [-0.4, -0.2) is 21.0 Å². The van der Waals surface area contributed by atoms with E-state index in [0.29, 0.717) is 5.76 Å². The van der Waals surface area contributed by atoms with E-state index in [9.17, 15) is 4.79 Å². The second kappa shape index (κ2) is 6.55. The highest BCUT2D eigenvalue weighted by Gasteiger charge is 2.39. The molecule has 0 spiro atoms. The fourth-order valence-electron chi connectivity index (χ4n) is 4.02. The number of carboxylic acid groups (broad SMARTS) is 1. The Morgan fingerprint density at radius 1 is 1.03 bits per heavy atom. The van der Waals surface area contributed by atoms with Crippen molar-refractivity contribution >= 4 is 5.97 Å². The summed E-state index contributed by atoms with van der Waals surface area (Å²) < 4.78 is 6.03. The number of fused-ring (bicyclic) bond motifs is 1. The Bertz CT molecular complexity index is 1090. The monoisotopic (exact) mass is 390 g/mol. The van der Waals surface area contributed by atoms with Gasteiger partial charge in [-0.3, -0.25) is 4.98 Å². The first-order chi connectivity index (χ1) is 13.6. The number of hydrogen-bond donors (Lipinski definition) is 1. The van der Waals surface area contributed by atoms with E-state index in [1.165, 1.54) is 0 Å². The number of furan rings is 1. The van der Waals surface area contributed by atoms with Crippen LogP contribution in [-0.2, 0) is 10.8 Å². The smallest absolute Gasteiger partial charge is 0.335 e. The molecule has 5 nitrogen and oxygen atoms in total. The van der Waals surface area contributed by atoms with Crippen LogP contribution in [0.4, 0.5) is 0 Å². The van der Waals surface area contributed by atoms with Gasteiger partial charge >= 0.3 is 5.97 Å². The van der Waals surface area contributed by atoms with Crippen LogP contribution in [0.1, 0.15) is 68.0 Å². The molecule has 0 aliphatic heterocycles. The van der Waals surface area contributed by atoms with Crippen LogP contribution >= 0.6 is 0 Å². The number of nitrogens with zero attached hydrogens (tertiary/aromatic N) is 2. The number of aromatic nitrogens is 2. The topological polar surface area (TPSA) is 76.2 Å². The average Bonchev–Trinajstić information content (AvgIpc) is 3.07. The lowest BCUT2D eigenvalue weighted by molar-refractivity contribution is 0.0697. The van der Waals surface area contributed by atoms with Crippen LogP contribution in [0.25, 0.3) is 22.6 Å². The third-order valence-corrected chi connectivity index (χ3v) is 6.04. The van der Waals surface area contributed by atoms with E-state index in [2.05, 4.69) is 27.7 Å². The van der Waals surface area contributed by atoms with Gasteiger partial charge in [0.1, 0.15) is 11.5 Å². The number of carbonyl (C=O) groups is 1. The van der Waals surface area contributed by atoms with Crippen molar-refractivity contribution < 1.29 is 14.3 Å². The number of aromatic carboxylic acids is 1. The minimum Gasteiger partial charge on any atom is -0.478 e. The average molecular weight is 390 g/mol. The number of aryl methyl sites for hydroxylation is 1. The van der Waals surface area contributed by atoms with E-state index in [0.717, 1.165) is 46.8 Å². The summed E-state index contributed by atoms with van der Waals surface area (Å²) in [5, 5.41) is 9.10. The van der Waals surface area contributed by atoms with E-state index in [-0.39, 0.29) is 16.4 Å². The molecule has 0 radical (unpaired) electrons. The molecule has 0 unspecified atom stereocenters. The molecule has 29 heavy (non-hydrogen) atoms. The Balaban J connectivity index is 1.75.